The van der Waals surface area contributed by atoms with Crippen LogP contribution in [0.5, 0.6) is 0 Å². The lowest BCUT2D eigenvalue weighted by molar-refractivity contribution is -0.144. The summed E-state index contributed by atoms with van der Waals surface area (Å²) in [5.41, 5.74) is 3.19. The standard InChI is InChI=1S/C20H24N4O2/c1-13-14(2)22-17-12-15(6-7-16(17)21-13)18(25)24-11-5-9-20(24)8-4-10-23(3)19(20)26/h6-7,12H,4-5,8-11H2,1-3H3. The molecule has 0 saturated carbocycles. The molecule has 136 valence electrons. The van der Waals surface area contributed by atoms with E-state index in [-0.39, 0.29) is 11.8 Å². The molecule has 1 atom stereocenters. The number of nitrogens with zero attached hydrogens (tertiary/aromatic N) is 4. The fourth-order valence-corrected chi connectivity index (χ4v) is 4.35. The minimum absolute atomic E-state index is 0.0759. The van der Waals surface area contributed by atoms with Crippen LogP contribution in [0.1, 0.15) is 47.4 Å². The number of amides is 2. The minimum Gasteiger partial charge on any atom is -0.344 e. The lowest BCUT2D eigenvalue weighted by atomic mass is 9.85. The van der Waals surface area contributed by atoms with Crippen LogP contribution in [0.3, 0.4) is 0 Å². The Hall–Kier alpha value is -2.50. The maximum absolute atomic E-state index is 13.3. The maximum atomic E-state index is 13.3. The second-order valence-corrected chi connectivity index (χ2v) is 7.52. The quantitative estimate of drug-likeness (QED) is 0.791. The van der Waals surface area contributed by atoms with Crippen LogP contribution in [0.4, 0.5) is 0 Å². The molecule has 0 bridgehead atoms. The Morgan fingerprint density at radius 1 is 1.04 bits per heavy atom. The van der Waals surface area contributed by atoms with Gasteiger partial charge in [0.25, 0.3) is 5.91 Å². The summed E-state index contributed by atoms with van der Waals surface area (Å²) in [5.74, 6) is 0.00901. The third-order valence-electron chi connectivity index (χ3n) is 5.88. The van der Waals surface area contributed by atoms with E-state index in [9.17, 15) is 9.59 Å². The number of fused-ring (bicyclic) bond motifs is 1. The zero-order valence-corrected chi connectivity index (χ0v) is 15.6. The predicted octanol–water partition coefficient (Wildman–Crippen LogP) is 2.47. The van der Waals surface area contributed by atoms with Crippen LogP contribution < -0.4 is 0 Å². The van der Waals surface area contributed by atoms with E-state index in [1.807, 2.05) is 27.0 Å². The van der Waals surface area contributed by atoms with E-state index in [4.69, 9.17) is 0 Å². The van der Waals surface area contributed by atoms with Crippen molar-refractivity contribution in [3.63, 3.8) is 0 Å². The molecular weight excluding hydrogens is 328 g/mol. The zero-order chi connectivity index (χ0) is 18.5. The fraction of sp³-hybridized carbons (Fsp3) is 0.500. The van der Waals surface area contributed by atoms with E-state index in [1.54, 1.807) is 21.9 Å². The monoisotopic (exact) mass is 352 g/mol. The van der Waals surface area contributed by atoms with Gasteiger partial charge in [-0.2, -0.15) is 0 Å². The van der Waals surface area contributed by atoms with Gasteiger partial charge in [-0.3, -0.25) is 9.59 Å². The van der Waals surface area contributed by atoms with Gasteiger partial charge in [-0.1, -0.05) is 0 Å². The number of carbonyl (C=O) groups is 2. The number of aromatic nitrogens is 2. The van der Waals surface area contributed by atoms with E-state index in [0.29, 0.717) is 12.1 Å². The molecule has 1 aromatic heterocycles. The number of benzene rings is 1. The molecule has 3 heterocycles. The van der Waals surface area contributed by atoms with Crippen LogP contribution in [0.25, 0.3) is 11.0 Å². The molecule has 1 aromatic carbocycles. The van der Waals surface area contributed by atoms with Gasteiger partial charge in [0.15, 0.2) is 0 Å². The fourth-order valence-electron chi connectivity index (χ4n) is 4.35. The van der Waals surface area contributed by atoms with Crippen LogP contribution in [0, 0.1) is 13.8 Å². The molecule has 6 nitrogen and oxygen atoms in total. The van der Waals surface area contributed by atoms with Crippen molar-refractivity contribution < 1.29 is 9.59 Å². The van der Waals surface area contributed by atoms with E-state index < -0.39 is 5.54 Å². The van der Waals surface area contributed by atoms with E-state index in [0.717, 1.165) is 54.6 Å². The van der Waals surface area contributed by atoms with Crippen LogP contribution in [-0.2, 0) is 4.79 Å². The smallest absolute Gasteiger partial charge is 0.254 e. The summed E-state index contributed by atoms with van der Waals surface area (Å²) in [4.78, 5) is 38.8. The largest absolute Gasteiger partial charge is 0.344 e. The number of aryl methyl sites for hydroxylation is 2. The molecular formula is C20H24N4O2. The van der Waals surface area contributed by atoms with Crippen molar-refractivity contribution in [2.75, 3.05) is 20.1 Å². The first-order valence-electron chi connectivity index (χ1n) is 9.25. The van der Waals surface area contributed by atoms with Crippen molar-refractivity contribution >= 4 is 22.8 Å². The Morgan fingerprint density at radius 2 is 1.69 bits per heavy atom. The Kier molecular flexibility index (Phi) is 3.93. The Bertz CT molecular complexity index is 910. The molecule has 1 unspecified atom stereocenters. The molecule has 26 heavy (non-hydrogen) atoms. The van der Waals surface area contributed by atoms with E-state index >= 15 is 0 Å². The van der Waals surface area contributed by atoms with Gasteiger partial charge in [-0.25, -0.2) is 9.97 Å². The van der Waals surface area contributed by atoms with Crippen LogP contribution in [0.2, 0.25) is 0 Å². The summed E-state index contributed by atoms with van der Waals surface area (Å²) in [5, 5.41) is 0. The van der Waals surface area contributed by atoms with Gasteiger partial charge in [-0.15, -0.1) is 0 Å². The molecule has 2 aliphatic rings. The molecule has 2 aliphatic heterocycles. The Balaban J connectivity index is 1.71. The number of hydrogen-bond acceptors (Lipinski definition) is 4. The highest BCUT2D eigenvalue weighted by Gasteiger charge is 2.52. The average molecular weight is 352 g/mol. The first-order valence-corrected chi connectivity index (χ1v) is 9.25. The summed E-state index contributed by atoms with van der Waals surface area (Å²) in [6.45, 7) is 5.25. The second kappa shape index (κ2) is 6.04. The molecule has 1 spiro atoms. The maximum Gasteiger partial charge on any atom is 0.254 e. The van der Waals surface area contributed by atoms with Crippen LogP contribution in [-0.4, -0.2) is 57.3 Å². The van der Waals surface area contributed by atoms with Crippen LogP contribution in [0.15, 0.2) is 18.2 Å². The number of hydrogen-bond donors (Lipinski definition) is 0. The number of likely N-dealkylation sites (tertiary alicyclic amines) is 2. The van der Waals surface area contributed by atoms with Crippen molar-refractivity contribution in [1.29, 1.82) is 0 Å². The van der Waals surface area contributed by atoms with Crippen molar-refractivity contribution in [3.8, 4) is 0 Å². The summed E-state index contributed by atoms with van der Waals surface area (Å²) < 4.78 is 0. The predicted molar refractivity (Wildman–Crippen MR) is 98.9 cm³/mol. The average Bonchev–Trinajstić information content (AvgIpc) is 3.04. The lowest BCUT2D eigenvalue weighted by Gasteiger charge is -2.43. The van der Waals surface area contributed by atoms with Gasteiger partial charge in [0.2, 0.25) is 5.91 Å². The van der Waals surface area contributed by atoms with Gasteiger partial charge in [0, 0.05) is 25.7 Å². The van der Waals surface area contributed by atoms with E-state index in [2.05, 4.69) is 9.97 Å². The molecule has 2 fully saturated rings. The lowest BCUT2D eigenvalue weighted by Crippen LogP contribution is -2.60. The number of likely N-dealkylation sites (N-methyl/N-ethyl adjacent to an activating group) is 1. The minimum atomic E-state index is -0.659. The first-order chi connectivity index (χ1) is 12.4. The molecule has 2 aromatic rings. The highest BCUT2D eigenvalue weighted by atomic mass is 16.2. The summed E-state index contributed by atoms with van der Waals surface area (Å²) in [6, 6.07) is 5.46. The van der Waals surface area contributed by atoms with Gasteiger partial charge >= 0.3 is 0 Å². The second-order valence-electron chi connectivity index (χ2n) is 7.52. The highest BCUT2D eigenvalue weighted by molar-refractivity contribution is 6.01. The van der Waals surface area contributed by atoms with Gasteiger partial charge in [0.05, 0.1) is 22.4 Å². The van der Waals surface area contributed by atoms with E-state index in [1.165, 1.54) is 0 Å². The molecule has 0 aliphatic carbocycles. The molecule has 4 rings (SSSR count). The third-order valence-corrected chi connectivity index (χ3v) is 5.88. The van der Waals surface area contributed by atoms with Crippen molar-refractivity contribution in [2.45, 2.75) is 45.1 Å². The third kappa shape index (κ3) is 2.47. The summed E-state index contributed by atoms with van der Waals surface area (Å²) in [7, 11) is 1.83. The molecule has 0 N–H and O–H groups in total. The summed E-state index contributed by atoms with van der Waals surface area (Å²) >= 11 is 0. The highest BCUT2D eigenvalue weighted by Crippen LogP contribution is 2.38. The zero-order valence-electron chi connectivity index (χ0n) is 15.6. The topological polar surface area (TPSA) is 66.4 Å². The Morgan fingerprint density at radius 3 is 2.42 bits per heavy atom. The van der Waals surface area contributed by atoms with Gasteiger partial charge in [0.1, 0.15) is 5.54 Å². The summed E-state index contributed by atoms with van der Waals surface area (Å²) in [6.07, 6.45) is 3.33. The molecule has 2 amide bonds. The first kappa shape index (κ1) is 16.9. The number of rotatable bonds is 1. The number of carbonyl (C=O) groups excluding carboxylic acids is 2. The Labute approximate surface area is 153 Å². The van der Waals surface area contributed by atoms with Crippen molar-refractivity contribution in [3.05, 3.63) is 35.2 Å². The van der Waals surface area contributed by atoms with Gasteiger partial charge in [-0.05, 0) is 57.7 Å². The van der Waals surface area contributed by atoms with Gasteiger partial charge < -0.3 is 9.80 Å². The van der Waals surface area contributed by atoms with Crippen LogP contribution >= 0.6 is 0 Å². The molecule has 0 radical (unpaired) electrons. The number of piperidine rings is 1. The molecule has 2 saturated heterocycles. The normalized spacial score (nSPS) is 23.3. The SMILES string of the molecule is Cc1nc2ccc(C(=O)N3CCCC34CCCN(C)C4=O)cc2nc1C. The van der Waals surface area contributed by atoms with Crippen molar-refractivity contribution in [2.24, 2.45) is 0 Å². The molecule has 6 heteroatoms. The van der Waals surface area contributed by atoms with Crippen molar-refractivity contribution in [1.82, 2.24) is 19.8 Å².